The fourth-order valence-corrected chi connectivity index (χ4v) is 1.18. The molecule has 0 amide bonds. The van der Waals surface area contributed by atoms with Crippen molar-refractivity contribution >= 4 is 42.5 Å². The quantitative estimate of drug-likeness (QED) is 0.631. The van der Waals surface area contributed by atoms with E-state index in [1.165, 1.54) is 12.3 Å². The van der Waals surface area contributed by atoms with Gasteiger partial charge in [-0.1, -0.05) is 12.1 Å². The van der Waals surface area contributed by atoms with Gasteiger partial charge < -0.3 is 9.84 Å². The summed E-state index contributed by atoms with van der Waals surface area (Å²) in [6, 6.07) is 9.88. The van der Waals surface area contributed by atoms with Crippen LogP contribution in [-0.4, -0.2) is 37.8 Å². The first kappa shape index (κ1) is 22.0. The maximum Gasteiger partial charge on any atom is 0.356 e. The topological polar surface area (TPSA) is 106 Å². The van der Waals surface area contributed by atoms with Gasteiger partial charge in [0.25, 0.3) is 0 Å². The Balaban J connectivity index is 0.000000367. The average Bonchev–Trinajstić information content (AvgIpc) is 2.57. The molecule has 130 valence electrons. The lowest BCUT2D eigenvalue weighted by Gasteiger charge is -1.98. The number of pyridine rings is 2. The number of carbonyl (C=O) groups excluding carboxylic acids is 1. The normalized spacial score (nSPS) is 9.00. The van der Waals surface area contributed by atoms with Crippen molar-refractivity contribution in [2.24, 2.45) is 0 Å². The van der Waals surface area contributed by atoms with Gasteiger partial charge in [-0.25, -0.2) is 23.8 Å². The minimum Gasteiger partial charge on any atom is -0.477 e. The second kappa shape index (κ2) is 13.4. The highest BCUT2D eigenvalue weighted by Gasteiger charge is 2.04. The smallest absolute Gasteiger partial charge is 0.356 e. The highest BCUT2D eigenvalue weighted by atomic mass is 36.0. The number of carboxylic acid groups (broad SMARTS) is 1. The van der Waals surface area contributed by atoms with Crippen LogP contribution < -0.4 is 0 Å². The molecule has 2 heterocycles. The van der Waals surface area contributed by atoms with Gasteiger partial charge in [-0.15, -0.1) is 0 Å². The molecule has 24 heavy (non-hydrogen) atoms. The Morgan fingerprint density at radius 3 is 1.83 bits per heavy atom. The van der Waals surface area contributed by atoms with Gasteiger partial charge in [0.1, 0.15) is 11.4 Å². The minimum absolute atomic E-state index is 0.0810. The largest absolute Gasteiger partial charge is 0.477 e. The summed E-state index contributed by atoms with van der Waals surface area (Å²) in [6.45, 7) is 2.15. The molecule has 0 bridgehead atoms. The summed E-state index contributed by atoms with van der Waals surface area (Å²) < 4.78 is 13.8. The van der Waals surface area contributed by atoms with Gasteiger partial charge in [-0.05, 0) is 31.2 Å². The highest BCUT2D eigenvalue weighted by Crippen LogP contribution is 1.95. The van der Waals surface area contributed by atoms with Crippen molar-refractivity contribution in [1.82, 2.24) is 9.97 Å². The molecule has 0 fully saturated rings. The van der Waals surface area contributed by atoms with Gasteiger partial charge in [0.2, 0.25) is 9.23 Å². The van der Waals surface area contributed by atoms with Crippen molar-refractivity contribution in [3.63, 3.8) is 0 Å². The lowest BCUT2D eigenvalue weighted by atomic mass is 10.4. The van der Waals surface area contributed by atoms with Crippen molar-refractivity contribution in [2.75, 3.05) is 6.61 Å². The molecule has 7 nitrogen and oxygen atoms in total. The van der Waals surface area contributed by atoms with Crippen LogP contribution in [0.15, 0.2) is 48.8 Å². The van der Waals surface area contributed by atoms with E-state index in [9.17, 15) is 9.59 Å². The number of nitrogens with zero attached hydrogens (tertiary/aromatic N) is 2. The number of aromatic carboxylic acids is 1. The van der Waals surface area contributed by atoms with Gasteiger partial charge >= 0.3 is 11.9 Å². The van der Waals surface area contributed by atoms with Crippen LogP contribution in [0.1, 0.15) is 27.9 Å². The van der Waals surface area contributed by atoms with Gasteiger partial charge in [-0.3, -0.25) is 0 Å². The number of hydrogen-bond acceptors (Lipinski definition) is 6. The number of esters is 1. The summed E-state index contributed by atoms with van der Waals surface area (Å²) in [5.41, 5.74) is 0.437. The molecule has 0 unspecified atom stereocenters. The SMILES string of the molecule is CCOC(=O)c1ccccn1.O=C(O)c1ccccn1.O=S(Cl)Cl. The second-order valence-corrected chi connectivity index (χ2v) is 6.16. The predicted octanol–water partition coefficient (Wildman–Crippen LogP) is 3.08. The molecular formula is C14H14Cl2N2O5S. The maximum absolute atomic E-state index is 11.0. The maximum atomic E-state index is 11.0. The van der Waals surface area contributed by atoms with E-state index in [0.717, 1.165) is 0 Å². The number of ether oxygens (including phenoxy) is 1. The van der Waals surface area contributed by atoms with Gasteiger partial charge in [-0.2, -0.15) is 0 Å². The third kappa shape index (κ3) is 11.5. The van der Waals surface area contributed by atoms with Gasteiger partial charge in [0.05, 0.1) is 6.61 Å². The molecule has 0 saturated carbocycles. The summed E-state index contributed by atoms with van der Waals surface area (Å²) in [7, 11) is 7.36. The monoisotopic (exact) mass is 392 g/mol. The molecule has 0 spiro atoms. The van der Waals surface area contributed by atoms with E-state index in [1.807, 2.05) is 0 Å². The van der Waals surface area contributed by atoms with E-state index < -0.39 is 15.2 Å². The van der Waals surface area contributed by atoms with Crippen molar-refractivity contribution in [3.05, 3.63) is 60.2 Å². The van der Waals surface area contributed by atoms with Crippen LogP contribution in [-0.2, 0) is 14.0 Å². The van der Waals surface area contributed by atoms with Crippen LogP contribution in [0.3, 0.4) is 0 Å². The first-order chi connectivity index (χ1) is 11.4. The molecule has 0 aliphatic carbocycles. The van der Waals surface area contributed by atoms with Crippen molar-refractivity contribution < 1.29 is 23.6 Å². The summed E-state index contributed by atoms with van der Waals surface area (Å²) in [6.07, 6.45) is 3.01. The van der Waals surface area contributed by atoms with Crippen molar-refractivity contribution in [3.8, 4) is 0 Å². The number of rotatable bonds is 3. The fourth-order valence-electron chi connectivity index (χ4n) is 1.18. The first-order valence-electron chi connectivity index (χ1n) is 6.35. The van der Waals surface area contributed by atoms with E-state index in [4.69, 9.17) is 14.1 Å². The predicted molar refractivity (Wildman–Crippen MR) is 91.2 cm³/mol. The molecule has 1 N–H and O–H groups in total. The summed E-state index contributed by atoms with van der Waals surface area (Å²) >= 11 is 0. The molecular weight excluding hydrogens is 379 g/mol. The zero-order valence-electron chi connectivity index (χ0n) is 12.5. The Morgan fingerprint density at radius 2 is 1.54 bits per heavy atom. The van der Waals surface area contributed by atoms with E-state index in [0.29, 0.717) is 12.3 Å². The van der Waals surface area contributed by atoms with E-state index in [2.05, 4.69) is 31.3 Å². The van der Waals surface area contributed by atoms with Crippen LogP contribution >= 0.6 is 21.4 Å². The van der Waals surface area contributed by atoms with Gasteiger partial charge in [0, 0.05) is 33.8 Å². The average molecular weight is 393 g/mol. The number of carbonyl (C=O) groups is 2. The lowest BCUT2D eigenvalue weighted by Crippen LogP contribution is -2.05. The Hall–Kier alpha value is -2.03. The molecule has 0 aromatic carbocycles. The number of halogens is 2. The van der Waals surface area contributed by atoms with Crippen LogP contribution in [0, 0.1) is 0 Å². The molecule has 0 aliphatic rings. The zero-order valence-corrected chi connectivity index (χ0v) is 14.8. The summed E-state index contributed by atoms with van der Waals surface area (Å²) in [5.74, 6) is -1.36. The molecule has 0 aliphatic heterocycles. The third-order valence-electron chi connectivity index (χ3n) is 2.03. The van der Waals surface area contributed by atoms with Crippen LogP contribution in [0.5, 0.6) is 0 Å². The molecule has 10 heteroatoms. The van der Waals surface area contributed by atoms with Crippen LogP contribution in [0.25, 0.3) is 0 Å². The second-order valence-electron chi connectivity index (χ2n) is 3.64. The molecule has 0 atom stereocenters. The standard InChI is InChI=1S/C8H9NO2.C6H5NO2.Cl2OS/c1-2-11-8(10)7-5-3-4-6-9-7;8-6(9)5-3-1-2-4-7-5;1-4(2)3/h3-6H,2H2,1H3;1-4H,(H,8,9);. The molecule has 0 saturated heterocycles. The fraction of sp³-hybridized carbons (Fsp3) is 0.143. The molecule has 0 radical (unpaired) electrons. The Morgan fingerprint density at radius 1 is 1.08 bits per heavy atom. The number of carboxylic acids is 1. The van der Waals surface area contributed by atoms with E-state index in [-0.39, 0.29) is 11.7 Å². The molecule has 2 aromatic rings. The number of aromatic nitrogens is 2. The molecule has 2 aromatic heterocycles. The van der Waals surface area contributed by atoms with Crippen LogP contribution in [0.4, 0.5) is 0 Å². The van der Waals surface area contributed by atoms with E-state index in [1.54, 1.807) is 43.5 Å². The highest BCUT2D eigenvalue weighted by molar-refractivity contribution is 8.26. The van der Waals surface area contributed by atoms with Crippen LogP contribution in [0.2, 0.25) is 0 Å². The minimum atomic E-state index is -1.67. The Bertz CT molecular complexity index is 640. The molecule has 2 rings (SSSR count). The Kier molecular flexibility index (Phi) is 12.3. The summed E-state index contributed by atoms with van der Waals surface area (Å²) in [5, 5.41) is 8.32. The van der Waals surface area contributed by atoms with Crippen molar-refractivity contribution in [1.29, 1.82) is 0 Å². The Labute approximate surface area is 150 Å². The lowest BCUT2D eigenvalue weighted by molar-refractivity contribution is 0.0519. The number of hydrogen-bond donors (Lipinski definition) is 1. The first-order valence-corrected chi connectivity index (χ1v) is 9.15. The zero-order chi connectivity index (χ0) is 18.4. The third-order valence-corrected chi connectivity index (χ3v) is 2.03. The summed E-state index contributed by atoms with van der Waals surface area (Å²) in [4.78, 5) is 28.5. The van der Waals surface area contributed by atoms with Crippen molar-refractivity contribution in [2.45, 2.75) is 6.92 Å². The van der Waals surface area contributed by atoms with Gasteiger partial charge in [0.15, 0.2) is 0 Å². The van der Waals surface area contributed by atoms with E-state index >= 15 is 0 Å².